The van der Waals surface area contributed by atoms with Crippen LogP contribution in [-0.4, -0.2) is 41.8 Å². The number of nitrogens with zero attached hydrogens (tertiary/aromatic N) is 3. The van der Waals surface area contributed by atoms with E-state index >= 15 is 0 Å². The molecule has 1 amide bonds. The van der Waals surface area contributed by atoms with Crippen LogP contribution >= 0.6 is 0 Å². The molecule has 2 aromatic carbocycles. The molecule has 1 heterocycles. The number of guanidine groups is 1. The summed E-state index contributed by atoms with van der Waals surface area (Å²) in [4.78, 5) is 21.1. The molecule has 0 spiro atoms. The molecule has 6 nitrogen and oxygen atoms in total. The first-order valence-corrected chi connectivity index (χ1v) is 10.8. The maximum absolute atomic E-state index is 12.7. The molecule has 1 aliphatic carbocycles. The van der Waals surface area contributed by atoms with Gasteiger partial charge in [0.1, 0.15) is 11.5 Å². The Morgan fingerprint density at radius 1 is 1.13 bits per heavy atom. The number of nitrogens with two attached hydrogens (primary N) is 1. The molecule has 1 fully saturated rings. The lowest BCUT2D eigenvalue weighted by molar-refractivity contribution is -0.135. The molecular formula is C24H30N4O2. The quantitative estimate of drug-likeness (QED) is 0.777. The van der Waals surface area contributed by atoms with Gasteiger partial charge in [0, 0.05) is 38.2 Å². The Morgan fingerprint density at radius 3 is 2.67 bits per heavy atom. The second kappa shape index (κ2) is 9.20. The Morgan fingerprint density at radius 2 is 1.90 bits per heavy atom. The van der Waals surface area contributed by atoms with Crippen LogP contribution in [0.15, 0.2) is 53.5 Å². The van der Waals surface area contributed by atoms with Gasteiger partial charge < -0.3 is 20.3 Å². The molecule has 0 radical (unpaired) electrons. The van der Waals surface area contributed by atoms with Crippen molar-refractivity contribution < 1.29 is 9.53 Å². The first kappa shape index (κ1) is 20.3. The molecule has 2 aliphatic rings. The van der Waals surface area contributed by atoms with Gasteiger partial charge in [-0.2, -0.15) is 0 Å². The van der Waals surface area contributed by atoms with Gasteiger partial charge in [0.25, 0.3) is 0 Å². The van der Waals surface area contributed by atoms with E-state index in [1.807, 2.05) is 65.4 Å². The van der Waals surface area contributed by atoms with Gasteiger partial charge >= 0.3 is 0 Å². The van der Waals surface area contributed by atoms with Gasteiger partial charge in [0.2, 0.25) is 5.91 Å². The summed E-state index contributed by atoms with van der Waals surface area (Å²) < 4.78 is 5.95. The van der Waals surface area contributed by atoms with E-state index in [0.29, 0.717) is 25.6 Å². The van der Waals surface area contributed by atoms with Crippen molar-refractivity contribution in [1.29, 1.82) is 0 Å². The molecule has 0 bridgehead atoms. The number of hydrogen-bond donors (Lipinski definition) is 1. The summed E-state index contributed by atoms with van der Waals surface area (Å²) in [6, 6.07) is 15.6. The number of benzene rings is 2. The van der Waals surface area contributed by atoms with Crippen molar-refractivity contribution in [1.82, 2.24) is 9.80 Å². The first-order chi connectivity index (χ1) is 14.6. The van der Waals surface area contributed by atoms with Crippen LogP contribution in [-0.2, 0) is 11.3 Å². The topological polar surface area (TPSA) is 71.2 Å². The van der Waals surface area contributed by atoms with Crippen molar-refractivity contribution in [2.45, 2.75) is 38.6 Å². The van der Waals surface area contributed by atoms with E-state index in [9.17, 15) is 4.79 Å². The maximum atomic E-state index is 12.7. The Kier molecular flexibility index (Phi) is 6.21. The minimum Gasteiger partial charge on any atom is -0.457 e. The van der Waals surface area contributed by atoms with E-state index in [-0.39, 0.29) is 11.8 Å². The molecule has 2 N–H and O–H groups in total. The number of aliphatic imine (C=N–C) groups is 1. The van der Waals surface area contributed by atoms with Crippen molar-refractivity contribution in [3.05, 3.63) is 54.1 Å². The molecule has 30 heavy (non-hydrogen) atoms. The number of ether oxygens (including phenoxy) is 1. The zero-order chi connectivity index (χ0) is 20.9. The molecule has 158 valence electrons. The second-order valence-corrected chi connectivity index (χ2v) is 8.19. The number of carbonyl (C=O) groups excluding carboxylic acids is 1. The molecule has 1 aliphatic heterocycles. The van der Waals surface area contributed by atoms with Crippen molar-refractivity contribution in [2.24, 2.45) is 16.6 Å². The van der Waals surface area contributed by atoms with E-state index in [1.54, 1.807) is 0 Å². The highest BCUT2D eigenvalue weighted by Gasteiger charge is 2.25. The molecule has 6 heteroatoms. The summed E-state index contributed by atoms with van der Waals surface area (Å²) in [6.07, 6.45) is 5.63. The smallest absolute Gasteiger partial charge is 0.225 e. The monoisotopic (exact) mass is 406 g/mol. The fraction of sp³-hybridized carbons (Fsp3) is 0.417. The SMILES string of the molecule is CN(CCN1Cc2cc(Oc3ccccc3)ccc2N=C1N)C(=O)C1CCCCC1. The number of fused-ring (bicyclic) bond motifs is 1. The van der Waals surface area contributed by atoms with Gasteiger partial charge in [-0.25, -0.2) is 4.99 Å². The van der Waals surface area contributed by atoms with Crippen molar-refractivity contribution >= 4 is 17.6 Å². The summed E-state index contributed by atoms with van der Waals surface area (Å²) in [6.45, 7) is 1.96. The van der Waals surface area contributed by atoms with E-state index in [2.05, 4.69) is 4.99 Å². The van der Waals surface area contributed by atoms with Crippen molar-refractivity contribution in [2.75, 3.05) is 20.1 Å². The molecule has 1 saturated carbocycles. The van der Waals surface area contributed by atoms with Gasteiger partial charge in [0.05, 0.1) is 5.69 Å². The third kappa shape index (κ3) is 4.75. The van der Waals surface area contributed by atoms with Crippen LogP contribution in [0.25, 0.3) is 0 Å². The number of para-hydroxylation sites is 1. The molecule has 4 rings (SSSR count). The van der Waals surface area contributed by atoms with E-state index < -0.39 is 0 Å². The van der Waals surface area contributed by atoms with Crippen LogP contribution in [0.5, 0.6) is 11.5 Å². The van der Waals surface area contributed by atoms with Crippen LogP contribution in [0.1, 0.15) is 37.7 Å². The fourth-order valence-corrected chi connectivity index (χ4v) is 4.20. The molecule has 2 aromatic rings. The zero-order valence-corrected chi connectivity index (χ0v) is 17.6. The number of likely N-dealkylation sites (N-methyl/N-ethyl adjacent to an activating group) is 1. The average molecular weight is 407 g/mol. The molecular weight excluding hydrogens is 376 g/mol. The summed E-state index contributed by atoms with van der Waals surface area (Å²) in [5.41, 5.74) is 8.14. The Bertz CT molecular complexity index is 907. The van der Waals surface area contributed by atoms with Crippen molar-refractivity contribution in [3.8, 4) is 11.5 Å². The molecule has 0 saturated heterocycles. The lowest BCUT2D eigenvalue weighted by atomic mass is 9.88. The predicted molar refractivity (Wildman–Crippen MR) is 119 cm³/mol. The van der Waals surface area contributed by atoms with E-state index in [1.165, 1.54) is 19.3 Å². The maximum Gasteiger partial charge on any atom is 0.225 e. The average Bonchev–Trinajstić information content (AvgIpc) is 2.78. The Hall–Kier alpha value is -3.02. The van der Waals surface area contributed by atoms with Gasteiger partial charge in [-0.05, 0) is 43.2 Å². The summed E-state index contributed by atoms with van der Waals surface area (Å²) in [5.74, 6) is 2.53. The van der Waals surface area contributed by atoms with E-state index in [4.69, 9.17) is 10.5 Å². The molecule has 0 atom stereocenters. The minimum atomic E-state index is 0.189. The van der Waals surface area contributed by atoms with E-state index in [0.717, 1.165) is 35.6 Å². The largest absolute Gasteiger partial charge is 0.457 e. The number of hydrogen-bond acceptors (Lipinski definition) is 5. The summed E-state index contributed by atoms with van der Waals surface area (Å²) >= 11 is 0. The number of carbonyl (C=O) groups is 1. The summed E-state index contributed by atoms with van der Waals surface area (Å²) in [7, 11) is 1.90. The van der Waals surface area contributed by atoms with Crippen LogP contribution in [0, 0.1) is 5.92 Å². The lowest BCUT2D eigenvalue weighted by Crippen LogP contribution is -2.44. The Labute approximate surface area is 178 Å². The highest BCUT2D eigenvalue weighted by molar-refractivity contribution is 5.84. The third-order valence-corrected chi connectivity index (χ3v) is 5.99. The van der Waals surface area contributed by atoms with Gasteiger partial charge in [0.15, 0.2) is 5.96 Å². The molecule has 0 aromatic heterocycles. The number of rotatable bonds is 6. The van der Waals surface area contributed by atoms with Gasteiger partial charge in [-0.1, -0.05) is 37.5 Å². The van der Waals surface area contributed by atoms with Crippen LogP contribution in [0.4, 0.5) is 5.69 Å². The highest BCUT2D eigenvalue weighted by Crippen LogP contribution is 2.31. The van der Waals surface area contributed by atoms with Gasteiger partial charge in [-0.3, -0.25) is 4.79 Å². The highest BCUT2D eigenvalue weighted by atomic mass is 16.5. The normalized spacial score (nSPS) is 16.6. The Balaban J connectivity index is 1.37. The van der Waals surface area contributed by atoms with Crippen LogP contribution < -0.4 is 10.5 Å². The van der Waals surface area contributed by atoms with Crippen LogP contribution in [0.2, 0.25) is 0 Å². The standard InChI is InChI=1S/C24H30N4O2/c1-27(23(29)18-8-4-2-5-9-18)14-15-28-17-19-16-21(12-13-22(19)26-24(28)25)30-20-10-6-3-7-11-20/h3,6-7,10-13,16,18H,2,4-5,8-9,14-15,17H2,1H3,(H2,25,26). The fourth-order valence-electron chi connectivity index (χ4n) is 4.20. The van der Waals surface area contributed by atoms with Crippen molar-refractivity contribution in [3.63, 3.8) is 0 Å². The van der Waals surface area contributed by atoms with Crippen LogP contribution in [0.3, 0.4) is 0 Å². The second-order valence-electron chi connectivity index (χ2n) is 8.19. The van der Waals surface area contributed by atoms with Gasteiger partial charge in [-0.15, -0.1) is 0 Å². The number of amides is 1. The zero-order valence-electron chi connectivity index (χ0n) is 17.6. The summed E-state index contributed by atoms with van der Waals surface area (Å²) in [5, 5.41) is 0. The minimum absolute atomic E-state index is 0.189. The lowest BCUT2D eigenvalue weighted by Gasteiger charge is -2.31. The first-order valence-electron chi connectivity index (χ1n) is 10.8. The third-order valence-electron chi connectivity index (χ3n) is 5.99. The predicted octanol–water partition coefficient (Wildman–Crippen LogP) is 4.28. The molecule has 0 unspecified atom stereocenters.